The molecule has 3 aromatic rings. The van der Waals surface area contributed by atoms with Crippen LogP contribution in [0.2, 0.25) is 0 Å². The van der Waals surface area contributed by atoms with E-state index in [2.05, 4.69) is 20.2 Å². The minimum Gasteiger partial charge on any atom is -0.494 e. The molecule has 7 heteroatoms. The van der Waals surface area contributed by atoms with E-state index < -0.39 is 5.91 Å². The smallest absolute Gasteiger partial charge is 0.268 e. The van der Waals surface area contributed by atoms with Crippen LogP contribution in [0, 0.1) is 6.92 Å². The lowest BCUT2D eigenvalue weighted by Gasteiger charge is -2.09. The Morgan fingerprint density at radius 2 is 1.95 bits per heavy atom. The third-order valence-electron chi connectivity index (χ3n) is 3.21. The molecule has 7 nitrogen and oxygen atoms in total. The van der Waals surface area contributed by atoms with Gasteiger partial charge in [-0.25, -0.2) is 4.98 Å². The van der Waals surface area contributed by atoms with Crippen LogP contribution in [0.25, 0.3) is 22.3 Å². The van der Waals surface area contributed by atoms with Crippen molar-refractivity contribution in [1.29, 1.82) is 0 Å². The third-order valence-corrected chi connectivity index (χ3v) is 3.21. The van der Waals surface area contributed by atoms with E-state index in [1.165, 1.54) is 13.3 Å². The number of aryl methyl sites for hydroxylation is 1. The minimum atomic E-state index is -0.642. The van der Waals surface area contributed by atoms with Crippen molar-refractivity contribution in [2.75, 3.05) is 7.11 Å². The largest absolute Gasteiger partial charge is 0.494 e. The number of methoxy groups -OCH3 is 1. The first-order chi connectivity index (χ1) is 10.6. The van der Waals surface area contributed by atoms with E-state index in [4.69, 9.17) is 10.5 Å². The Morgan fingerprint density at radius 3 is 2.59 bits per heavy atom. The molecule has 0 bridgehead atoms. The van der Waals surface area contributed by atoms with Crippen LogP contribution in [0.5, 0.6) is 5.75 Å². The molecule has 0 saturated carbocycles. The normalized spacial score (nSPS) is 10.6. The highest BCUT2D eigenvalue weighted by Gasteiger charge is 2.14. The van der Waals surface area contributed by atoms with Crippen LogP contribution >= 0.6 is 0 Å². The average molecular weight is 295 g/mol. The van der Waals surface area contributed by atoms with Crippen molar-refractivity contribution in [2.45, 2.75) is 6.92 Å². The molecule has 110 valence electrons. The predicted molar refractivity (Wildman–Crippen MR) is 80.4 cm³/mol. The lowest BCUT2D eigenvalue weighted by atomic mass is 10.1. The van der Waals surface area contributed by atoms with Gasteiger partial charge in [0.15, 0.2) is 0 Å². The Hall–Kier alpha value is -3.09. The van der Waals surface area contributed by atoms with E-state index in [0.717, 1.165) is 11.3 Å². The molecule has 2 aromatic heterocycles. The summed E-state index contributed by atoms with van der Waals surface area (Å²) < 4.78 is 5.28. The van der Waals surface area contributed by atoms with Gasteiger partial charge in [-0.15, -0.1) is 0 Å². The molecule has 0 saturated heterocycles. The van der Waals surface area contributed by atoms with Gasteiger partial charge < -0.3 is 10.5 Å². The van der Waals surface area contributed by atoms with Crippen LogP contribution < -0.4 is 10.5 Å². The van der Waals surface area contributed by atoms with E-state index in [9.17, 15) is 4.79 Å². The maximum absolute atomic E-state index is 11.3. The van der Waals surface area contributed by atoms with Gasteiger partial charge in [-0.2, -0.15) is 10.2 Å². The Bertz CT molecular complexity index is 862. The standard InChI is InChI=1S/C15H13N5O2/c1-8-3-5-10(20-19-8)9-4-6-12(22-2)14-13(9)17-7-11(18-14)15(16)21/h3-7H,1-2H3,(H2,16,21). The van der Waals surface area contributed by atoms with Gasteiger partial charge in [-0.05, 0) is 31.2 Å². The van der Waals surface area contributed by atoms with E-state index in [1.807, 2.05) is 25.1 Å². The van der Waals surface area contributed by atoms with Gasteiger partial charge in [0.2, 0.25) is 0 Å². The molecule has 0 unspecified atom stereocenters. The van der Waals surface area contributed by atoms with Crippen LogP contribution in [0.15, 0.2) is 30.5 Å². The number of ether oxygens (including phenoxy) is 1. The van der Waals surface area contributed by atoms with Crippen molar-refractivity contribution >= 4 is 16.9 Å². The molecule has 2 heterocycles. The summed E-state index contributed by atoms with van der Waals surface area (Å²) in [6.07, 6.45) is 1.34. The second-order valence-electron chi connectivity index (χ2n) is 4.69. The van der Waals surface area contributed by atoms with Gasteiger partial charge in [0.05, 0.1) is 24.7 Å². The number of nitrogens with two attached hydrogens (primary N) is 1. The first-order valence-electron chi connectivity index (χ1n) is 6.54. The number of fused-ring (bicyclic) bond motifs is 1. The third kappa shape index (κ3) is 2.32. The van der Waals surface area contributed by atoms with Crippen LogP contribution in [-0.4, -0.2) is 33.2 Å². The highest BCUT2D eigenvalue weighted by atomic mass is 16.5. The number of amides is 1. The van der Waals surface area contributed by atoms with Crippen LogP contribution in [0.3, 0.4) is 0 Å². The molecule has 0 fully saturated rings. The molecule has 0 aliphatic carbocycles. The summed E-state index contributed by atoms with van der Waals surface area (Å²) in [5.74, 6) is -0.133. The van der Waals surface area contributed by atoms with Gasteiger partial charge in [-0.1, -0.05) is 0 Å². The molecule has 3 rings (SSSR count). The first-order valence-corrected chi connectivity index (χ1v) is 6.54. The number of primary amides is 1. The van der Waals surface area contributed by atoms with Gasteiger partial charge in [0.25, 0.3) is 5.91 Å². The summed E-state index contributed by atoms with van der Waals surface area (Å²) in [5, 5.41) is 8.21. The number of rotatable bonds is 3. The zero-order valence-corrected chi connectivity index (χ0v) is 12.1. The highest BCUT2D eigenvalue weighted by molar-refractivity contribution is 5.97. The van der Waals surface area contributed by atoms with E-state index in [1.54, 1.807) is 6.07 Å². The van der Waals surface area contributed by atoms with Gasteiger partial charge in [-0.3, -0.25) is 9.78 Å². The first kappa shape index (κ1) is 13.9. The topological polar surface area (TPSA) is 104 Å². The Kier molecular flexibility index (Phi) is 3.38. The molecule has 0 radical (unpaired) electrons. The molecule has 0 atom stereocenters. The van der Waals surface area contributed by atoms with Crippen LogP contribution in [0.4, 0.5) is 0 Å². The summed E-state index contributed by atoms with van der Waals surface area (Å²) in [4.78, 5) is 19.8. The summed E-state index contributed by atoms with van der Waals surface area (Å²) >= 11 is 0. The van der Waals surface area contributed by atoms with Gasteiger partial charge in [0, 0.05) is 5.56 Å². The van der Waals surface area contributed by atoms with Crippen molar-refractivity contribution in [1.82, 2.24) is 20.2 Å². The van der Waals surface area contributed by atoms with Gasteiger partial charge in [0.1, 0.15) is 22.5 Å². The number of nitrogens with zero attached hydrogens (tertiary/aromatic N) is 4. The van der Waals surface area contributed by atoms with Crippen LogP contribution in [-0.2, 0) is 0 Å². The fourth-order valence-corrected chi connectivity index (χ4v) is 2.11. The molecule has 1 aromatic carbocycles. The summed E-state index contributed by atoms with van der Waals surface area (Å²) in [5.41, 5.74) is 8.61. The predicted octanol–water partition coefficient (Wildman–Crippen LogP) is 1.50. The Labute approximate surface area is 126 Å². The number of hydrogen-bond acceptors (Lipinski definition) is 6. The van der Waals surface area contributed by atoms with E-state index in [0.29, 0.717) is 22.5 Å². The summed E-state index contributed by atoms with van der Waals surface area (Å²) in [6, 6.07) is 7.30. The number of hydrogen-bond donors (Lipinski definition) is 1. The second-order valence-corrected chi connectivity index (χ2v) is 4.69. The quantitative estimate of drug-likeness (QED) is 0.785. The number of aromatic nitrogens is 4. The molecular formula is C15H13N5O2. The van der Waals surface area contributed by atoms with Crippen molar-refractivity contribution < 1.29 is 9.53 Å². The molecule has 0 aliphatic heterocycles. The van der Waals surface area contributed by atoms with Gasteiger partial charge >= 0.3 is 0 Å². The van der Waals surface area contributed by atoms with Crippen molar-refractivity contribution in [3.05, 3.63) is 41.9 Å². The molecule has 22 heavy (non-hydrogen) atoms. The maximum atomic E-state index is 11.3. The van der Waals surface area contributed by atoms with E-state index >= 15 is 0 Å². The maximum Gasteiger partial charge on any atom is 0.268 e. The molecular weight excluding hydrogens is 282 g/mol. The van der Waals surface area contributed by atoms with Crippen molar-refractivity contribution in [3.8, 4) is 17.0 Å². The van der Waals surface area contributed by atoms with Crippen LogP contribution in [0.1, 0.15) is 16.2 Å². The second kappa shape index (κ2) is 5.36. The van der Waals surface area contributed by atoms with E-state index in [-0.39, 0.29) is 5.69 Å². The molecule has 0 spiro atoms. The Balaban J connectivity index is 2.28. The monoisotopic (exact) mass is 295 g/mol. The molecule has 1 amide bonds. The fraction of sp³-hybridized carbons (Fsp3) is 0.133. The van der Waals surface area contributed by atoms with Crippen molar-refractivity contribution in [2.24, 2.45) is 5.73 Å². The number of carbonyl (C=O) groups is 1. The number of benzene rings is 1. The average Bonchev–Trinajstić information content (AvgIpc) is 2.54. The summed E-state index contributed by atoms with van der Waals surface area (Å²) in [6.45, 7) is 1.86. The Morgan fingerprint density at radius 1 is 1.14 bits per heavy atom. The van der Waals surface area contributed by atoms with Crippen molar-refractivity contribution in [3.63, 3.8) is 0 Å². The minimum absolute atomic E-state index is 0.0814. The zero-order valence-electron chi connectivity index (χ0n) is 12.1. The molecule has 0 aliphatic rings. The SMILES string of the molecule is COc1ccc(-c2ccc(C)nn2)c2ncc(C(N)=O)nc12. The number of carbonyl (C=O) groups excluding carboxylic acids is 1. The highest BCUT2D eigenvalue weighted by Crippen LogP contribution is 2.30. The molecule has 2 N–H and O–H groups in total. The summed E-state index contributed by atoms with van der Waals surface area (Å²) in [7, 11) is 1.53. The zero-order chi connectivity index (χ0) is 15.7. The lowest BCUT2D eigenvalue weighted by molar-refractivity contribution is 0.0995. The lowest BCUT2D eigenvalue weighted by Crippen LogP contribution is -2.13. The fourth-order valence-electron chi connectivity index (χ4n) is 2.11.